The molecule has 2 N–H and O–H groups in total. The molecule has 0 unspecified atom stereocenters. The van der Waals surface area contributed by atoms with Crippen molar-refractivity contribution < 1.29 is 14.3 Å². The topological polar surface area (TPSA) is 110 Å². The Kier molecular flexibility index (Phi) is 3.72. The van der Waals surface area contributed by atoms with Crippen molar-refractivity contribution in [3.05, 3.63) is 24.0 Å². The first kappa shape index (κ1) is 14.4. The third-order valence-electron chi connectivity index (χ3n) is 2.91. The van der Waals surface area contributed by atoms with Gasteiger partial charge in [-0.25, -0.2) is 0 Å². The quantitative estimate of drug-likeness (QED) is 0.691. The molecule has 0 radical (unpaired) electrons. The number of carboxylic acids is 1. The molecule has 0 spiro atoms. The van der Waals surface area contributed by atoms with Crippen LogP contribution in [0.1, 0.15) is 5.69 Å². The van der Waals surface area contributed by atoms with Gasteiger partial charge in [0.2, 0.25) is 5.16 Å². The molecule has 3 aromatic rings. The molecule has 0 aliphatic rings. The van der Waals surface area contributed by atoms with E-state index < -0.39 is 5.97 Å². The number of carbonyl (C=O) groups is 1. The molecule has 8 nitrogen and oxygen atoms in total. The average Bonchev–Trinajstić information content (AvgIpc) is 3.15. The molecule has 3 rings (SSSR count). The lowest BCUT2D eigenvalue weighted by Crippen LogP contribution is -1.97. The average molecular weight is 319 g/mol. The summed E-state index contributed by atoms with van der Waals surface area (Å²) in [6.07, 6.45) is 1.88. The number of aromatic nitrogens is 5. The standard InChI is InChI=1S/C13H13N5O3S/c1-7-8(5-18(2)17-7)9-3-4-10(21-9)12-14-13(16-15-12)22-6-11(19)20/h3-5H,6H2,1-2H3,(H,19,20)(H,14,15,16). The van der Waals surface area contributed by atoms with Gasteiger partial charge in [-0.1, -0.05) is 11.8 Å². The van der Waals surface area contributed by atoms with Crippen molar-refractivity contribution in [1.82, 2.24) is 25.0 Å². The van der Waals surface area contributed by atoms with Crippen LogP contribution in [0.2, 0.25) is 0 Å². The second kappa shape index (κ2) is 5.68. The third-order valence-corrected chi connectivity index (χ3v) is 3.74. The van der Waals surface area contributed by atoms with Crippen molar-refractivity contribution in [2.24, 2.45) is 7.05 Å². The van der Waals surface area contributed by atoms with Gasteiger partial charge < -0.3 is 9.52 Å². The maximum absolute atomic E-state index is 10.5. The second-order valence-electron chi connectivity index (χ2n) is 4.61. The van der Waals surface area contributed by atoms with E-state index in [0.29, 0.717) is 22.5 Å². The zero-order valence-corrected chi connectivity index (χ0v) is 12.7. The lowest BCUT2D eigenvalue weighted by Gasteiger charge is -1.93. The molecule has 9 heteroatoms. The van der Waals surface area contributed by atoms with Crippen LogP contribution in [0.4, 0.5) is 0 Å². The Balaban J connectivity index is 1.82. The summed E-state index contributed by atoms with van der Waals surface area (Å²) in [5, 5.41) is 20.0. The highest BCUT2D eigenvalue weighted by Crippen LogP contribution is 2.29. The zero-order valence-electron chi connectivity index (χ0n) is 11.9. The van der Waals surface area contributed by atoms with E-state index in [1.54, 1.807) is 10.7 Å². The monoisotopic (exact) mass is 319 g/mol. The van der Waals surface area contributed by atoms with Crippen LogP contribution in [0.3, 0.4) is 0 Å². The molecule has 0 aliphatic carbocycles. The van der Waals surface area contributed by atoms with Gasteiger partial charge in [0.15, 0.2) is 11.6 Å². The molecule has 0 amide bonds. The van der Waals surface area contributed by atoms with Crippen molar-refractivity contribution in [3.8, 4) is 22.9 Å². The van der Waals surface area contributed by atoms with E-state index in [1.165, 1.54) is 0 Å². The number of H-pyrrole nitrogens is 1. The number of rotatable bonds is 5. The fourth-order valence-corrected chi connectivity index (χ4v) is 2.52. The van der Waals surface area contributed by atoms with Crippen LogP contribution in [-0.4, -0.2) is 41.8 Å². The van der Waals surface area contributed by atoms with Crippen molar-refractivity contribution >= 4 is 17.7 Å². The van der Waals surface area contributed by atoms with Gasteiger partial charge in [-0.3, -0.25) is 14.6 Å². The fraction of sp³-hybridized carbons (Fsp3) is 0.231. The molecular formula is C13H13N5O3S. The number of hydrogen-bond acceptors (Lipinski definition) is 6. The van der Waals surface area contributed by atoms with E-state index in [4.69, 9.17) is 9.52 Å². The highest BCUT2D eigenvalue weighted by molar-refractivity contribution is 7.99. The first-order valence-electron chi connectivity index (χ1n) is 6.41. The van der Waals surface area contributed by atoms with Crippen molar-refractivity contribution in [2.45, 2.75) is 12.1 Å². The first-order valence-corrected chi connectivity index (χ1v) is 7.39. The molecular weight excluding hydrogens is 306 g/mol. The van der Waals surface area contributed by atoms with Crippen LogP contribution in [0.5, 0.6) is 0 Å². The SMILES string of the molecule is Cc1nn(C)cc1-c1ccc(-c2nc(SCC(=O)O)n[nH]2)o1. The lowest BCUT2D eigenvalue weighted by molar-refractivity contribution is -0.133. The van der Waals surface area contributed by atoms with E-state index in [1.807, 2.05) is 26.2 Å². The Morgan fingerprint density at radius 3 is 2.91 bits per heavy atom. The third kappa shape index (κ3) is 2.89. The van der Waals surface area contributed by atoms with Crippen LogP contribution in [0, 0.1) is 6.92 Å². The number of hydrogen-bond donors (Lipinski definition) is 2. The molecule has 0 saturated carbocycles. The highest BCUT2D eigenvalue weighted by Gasteiger charge is 2.14. The summed E-state index contributed by atoms with van der Waals surface area (Å²) in [5.74, 6) is 0.685. The summed E-state index contributed by atoms with van der Waals surface area (Å²) < 4.78 is 7.50. The summed E-state index contributed by atoms with van der Waals surface area (Å²) in [6, 6.07) is 3.62. The zero-order chi connectivity index (χ0) is 15.7. The fourth-order valence-electron chi connectivity index (χ4n) is 2.00. The van der Waals surface area contributed by atoms with E-state index in [2.05, 4.69) is 20.3 Å². The van der Waals surface area contributed by atoms with Gasteiger partial charge in [0.1, 0.15) is 5.76 Å². The van der Waals surface area contributed by atoms with Crippen LogP contribution in [0.15, 0.2) is 27.9 Å². The van der Waals surface area contributed by atoms with Gasteiger partial charge in [0.05, 0.1) is 17.0 Å². The maximum Gasteiger partial charge on any atom is 0.313 e. The Labute approximate surface area is 129 Å². The molecule has 0 fully saturated rings. The van der Waals surface area contributed by atoms with Crippen LogP contribution >= 0.6 is 11.8 Å². The second-order valence-corrected chi connectivity index (χ2v) is 5.56. The van der Waals surface area contributed by atoms with Gasteiger partial charge in [-0.05, 0) is 19.1 Å². The van der Waals surface area contributed by atoms with Crippen molar-refractivity contribution in [1.29, 1.82) is 0 Å². The summed E-state index contributed by atoms with van der Waals surface area (Å²) in [5.41, 5.74) is 1.78. The van der Waals surface area contributed by atoms with E-state index >= 15 is 0 Å². The Bertz CT molecular complexity index is 819. The molecule has 0 bridgehead atoms. The number of furan rings is 1. The minimum Gasteiger partial charge on any atom is -0.481 e. The Morgan fingerprint density at radius 1 is 1.45 bits per heavy atom. The van der Waals surface area contributed by atoms with Gasteiger partial charge in [-0.2, -0.15) is 10.1 Å². The number of aliphatic carboxylic acids is 1. The Morgan fingerprint density at radius 2 is 2.23 bits per heavy atom. The number of nitrogens with one attached hydrogen (secondary N) is 1. The largest absolute Gasteiger partial charge is 0.481 e. The summed E-state index contributed by atoms with van der Waals surface area (Å²) >= 11 is 1.04. The number of thioether (sulfide) groups is 1. The van der Waals surface area contributed by atoms with Gasteiger partial charge in [-0.15, -0.1) is 5.10 Å². The summed E-state index contributed by atoms with van der Waals surface area (Å²) in [4.78, 5) is 14.7. The van der Waals surface area contributed by atoms with E-state index in [9.17, 15) is 4.79 Å². The molecule has 114 valence electrons. The lowest BCUT2D eigenvalue weighted by atomic mass is 10.2. The molecule has 22 heavy (non-hydrogen) atoms. The Hall–Kier alpha value is -2.55. The molecule has 3 heterocycles. The number of aryl methyl sites for hydroxylation is 2. The number of nitrogens with zero attached hydrogens (tertiary/aromatic N) is 4. The first-order chi connectivity index (χ1) is 10.5. The highest BCUT2D eigenvalue weighted by atomic mass is 32.2. The molecule has 0 saturated heterocycles. The van der Waals surface area contributed by atoms with Crippen molar-refractivity contribution in [3.63, 3.8) is 0 Å². The number of carboxylic acid groups (broad SMARTS) is 1. The molecule has 3 aromatic heterocycles. The van der Waals surface area contributed by atoms with Gasteiger partial charge >= 0.3 is 5.97 Å². The maximum atomic E-state index is 10.5. The van der Waals surface area contributed by atoms with Gasteiger partial charge in [0.25, 0.3) is 0 Å². The summed E-state index contributed by atoms with van der Waals surface area (Å²) in [6.45, 7) is 1.91. The predicted molar refractivity (Wildman–Crippen MR) is 79.4 cm³/mol. The minimum absolute atomic E-state index is 0.0877. The molecule has 0 aliphatic heterocycles. The smallest absolute Gasteiger partial charge is 0.313 e. The molecule has 0 aromatic carbocycles. The normalized spacial score (nSPS) is 11.0. The molecule has 0 atom stereocenters. The van der Waals surface area contributed by atoms with E-state index in [0.717, 1.165) is 23.0 Å². The van der Waals surface area contributed by atoms with Gasteiger partial charge in [0, 0.05) is 13.2 Å². The van der Waals surface area contributed by atoms with Crippen LogP contribution in [0.25, 0.3) is 22.9 Å². The number of aromatic amines is 1. The van der Waals surface area contributed by atoms with E-state index in [-0.39, 0.29) is 5.75 Å². The summed E-state index contributed by atoms with van der Waals surface area (Å²) in [7, 11) is 1.85. The van der Waals surface area contributed by atoms with Crippen LogP contribution in [-0.2, 0) is 11.8 Å². The van der Waals surface area contributed by atoms with Crippen LogP contribution < -0.4 is 0 Å². The van der Waals surface area contributed by atoms with Crippen molar-refractivity contribution in [2.75, 3.05) is 5.75 Å². The minimum atomic E-state index is -0.913. The predicted octanol–water partition coefficient (Wildman–Crippen LogP) is 1.95.